The number of amides is 1. The molecule has 21 heavy (non-hydrogen) atoms. The van der Waals surface area contributed by atoms with Gasteiger partial charge in [-0.2, -0.15) is 0 Å². The van der Waals surface area contributed by atoms with Gasteiger partial charge in [0.15, 0.2) is 0 Å². The number of halogens is 1. The highest BCUT2D eigenvalue weighted by Crippen LogP contribution is 2.16. The van der Waals surface area contributed by atoms with Gasteiger partial charge in [-0.3, -0.25) is 4.79 Å². The molecule has 1 saturated heterocycles. The smallest absolute Gasteiger partial charge is 0.224 e. The topological polar surface area (TPSA) is 41.1 Å². The highest BCUT2D eigenvalue weighted by Gasteiger charge is 2.26. The van der Waals surface area contributed by atoms with Crippen molar-refractivity contribution in [2.24, 2.45) is 5.92 Å². The number of rotatable bonds is 5. The van der Waals surface area contributed by atoms with Gasteiger partial charge in [-0.1, -0.05) is 30.3 Å². The first-order valence-electron chi connectivity index (χ1n) is 7.63. The van der Waals surface area contributed by atoms with Gasteiger partial charge in [0, 0.05) is 12.1 Å². The first-order valence-corrected chi connectivity index (χ1v) is 7.63. The van der Waals surface area contributed by atoms with E-state index in [-0.39, 0.29) is 29.8 Å². The van der Waals surface area contributed by atoms with E-state index in [9.17, 15) is 4.79 Å². The Morgan fingerprint density at radius 1 is 1.33 bits per heavy atom. The van der Waals surface area contributed by atoms with Crippen LogP contribution in [0.2, 0.25) is 0 Å². The molecule has 0 spiro atoms. The van der Waals surface area contributed by atoms with E-state index in [0.717, 1.165) is 38.8 Å². The third-order valence-electron chi connectivity index (χ3n) is 4.01. The predicted molar refractivity (Wildman–Crippen MR) is 89.8 cm³/mol. The van der Waals surface area contributed by atoms with Crippen LogP contribution in [0.5, 0.6) is 0 Å². The zero-order chi connectivity index (χ0) is 14.4. The van der Waals surface area contributed by atoms with E-state index in [4.69, 9.17) is 0 Å². The summed E-state index contributed by atoms with van der Waals surface area (Å²) in [5, 5.41) is 6.52. The highest BCUT2D eigenvalue weighted by atomic mass is 35.5. The number of hydrogen-bond donors (Lipinski definition) is 2. The molecule has 3 nitrogen and oxygen atoms in total. The largest absolute Gasteiger partial charge is 0.351 e. The molecule has 2 N–H and O–H groups in total. The fourth-order valence-corrected chi connectivity index (χ4v) is 2.68. The molecule has 0 aliphatic carbocycles. The fourth-order valence-electron chi connectivity index (χ4n) is 2.68. The van der Waals surface area contributed by atoms with Crippen molar-refractivity contribution < 1.29 is 4.79 Å². The number of aryl methyl sites for hydroxylation is 1. The molecule has 118 valence electrons. The molecule has 1 fully saturated rings. The summed E-state index contributed by atoms with van der Waals surface area (Å²) in [6, 6.07) is 10.4. The molecule has 4 heteroatoms. The summed E-state index contributed by atoms with van der Waals surface area (Å²) in [6.45, 7) is 6.09. The third-order valence-corrected chi connectivity index (χ3v) is 4.01. The lowest BCUT2D eigenvalue weighted by molar-refractivity contribution is -0.127. The Bertz CT molecular complexity index is 428. The van der Waals surface area contributed by atoms with Crippen LogP contribution in [0, 0.1) is 5.92 Å². The minimum absolute atomic E-state index is 0. The van der Waals surface area contributed by atoms with Crippen LogP contribution in [0.4, 0.5) is 0 Å². The van der Waals surface area contributed by atoms with Gasteiger partial charge in [0.05, 0.1) is 5.92 Å². The van der Waals surface area contributed by atoms with Crippen LogP contribution in [-0.4, -0.2) is 24.5 Å². The lowest BCUT2D eigenvalue weighted by Crippen LogP contribution is -2.49. The maximum absolute atomic E-state index is 12.3. The maximum atomic E-state index is 12.3. The number of benzene rings is 1. The Morgan fingerprint density at radius 3 is 2.67 bits per heavy atom. The van der Waals surface area contributed by atoms with Crippen LogP contribution >= 0.6 is 12.4 Å². The Kier molecular flexibility index (Phi) is 7.20. The second-order valence-corrected chi connectivity index (χ2v) is 6.40. The van der Waals surface area contributed by atoms with Crippen LogP contribution in [0.3, 0.4) is 0 Å². The number of hydrogen-bond acceptors (Lipinski definition) is 2. The second kappa shape index (κ2) is 8.40. The van der Waals surface area contributed by atoms with Crippen molar-refractivity contribution in [3.05, 3.63) is 35.9 Å². The minimum Gasteiger partial charge on any atom is -0.351 e. The fraction of sp³-hybridized carbons (Fsp3) is 0.588. The number of nitrogens with one attached hydrogen (secondary N) is 2. The summed E-state index contributed by atoms with van der Waals surface area (Å²) >= 11 is 0. The molecule has 0 saturated carbocycles. The van der Waals surface area contributed by atoms with E-state index >= 15 is 0 Å². The Morgan fingerprint density at radius 2 is 2.05 bits per heavy atom. The predicted octanol–water partition coefficient (Wildman–Crippen LogP) is 2.94. The Balaban J connectivity index is 0.00000220. The van der Waals surface area contributed by atoms with Gasteiger partial charge in [-0.25, -0.2) is 0 Å². The Hall–Kier alpha value is -1.06. The number of carbonyl (C=O) groups excluding carboxylic acids is 1. The molecule has 1 aliphatic heterocycles. The molecular formula is C17H27ClN2O. The normalized spacial score (nSPS) is 18.7. The van der Waals surface area contributed by atoms with Gasteiger partial charge in [0.2, 0.25) is 5.91 Å². The second-order valence-electron chi connectivity index (χ2n) is 6.40. The van der Waals surface area contributed by atoms with Crippen LogP contribution < -0.4 is 10.6 Å². The van der Waals surface area contributed by atoms with Crippen molar-refractivity contribution in [3.8, 4) is 0 Å². The van der Waals surface area contributed by atoms with E-state index in [0.29, 0.717) is 0 Å². The quantitative estimate of drug-likeness (QED) is 0.878. The molecule has 1 heterocycles. The number of carbonyl (C=O) groups is 1. The Labute approximate surface area is 134 Å². The molecule has 0 bridgehead atoms. The SMILES string of the molecule is CC(C)(CCc1ccccc1)NC(=O)[C@@H]1CCCNC1.Cl. The summed E-state index contributed by atoms with van der Waals surface area (Å²) in [4.78, 5) is 12.3. The van der Waals surface area contributed by atoms with Gasteiger partial charge >= 0.3 is 0 Å². The number of piperidine rings is 1. The van der Waals surface area contributed by atoms with E-state index in [1.54, 1.807) is 0 Å². The average molecular weight is 311 g/mol. The molecule has 1 aromatic carbocycles. The summed E-state index contributed by atoms with van der Waals surface area (Å²) in [5.41, 5.74) is 1.18. The first kappa shape index (κ1) is 18.0. The van der Waals surface area contributed by atoms with E-state index < -0.39 is 0 Å². The molecule has 2 rings (SSSR count). The molecule has 0 aromatic heterocycles. The van der Waals surface area contributed by atoms with Crippen molar-refractivity contribution in [1.82, 2.24) is 10.6 Å². The standard InChI is InChI=1S/C17H26N2O.ClH/c1-17(2,11-10-14-7-4-3-5-8-14)19-16(20)15-9-6-12-18-13-15;/h3-5,7-8,15,18H,6,9-13H2,1-2H3,(H,19,20);1H/t15-;/m1./s1. The van der Waals surface area contributed by atoms with Crippen LogP contribution in [0.15, 0.2) is 30.3 Å². The van der Waals surface area contributed by atoms with Gasteiger partial charge in [0.1, 0.15) is 0 Å². The van der Waals surface area contributed by atoms with E-state index in [1.807, 2.05) is 6.07 Å². The molecule has 0 radical (unpaired) electrons. The monoisotopic (exact) mass is 310 g/mol. The molecule has 1 atom stereocenters. The van der Waals surface area contributed by atoms with Gasteiger partial charge in [-0.15, -0.1) is 12.4 Å². The summed E-state index contributed by atoms with van der Waals surface area (Å²) < 4.78 is 0. The van der Waals surface area contributed by atoms with Crippen molar-refractivity contribution in [2.75, 3.05) is 13.1 Å². The lowest BCUT2D eigenvalue weighted by atomic mass is 9.92. The van der Waals surface area contributed by atoms with Gasteiger partial charge in [-0.05, 0) is 51.6 Å². The first-order chi connectivity index (χ1) is 9.57. The third kappa shape index (κ3) is 6.06. The van der Waals surface area contributed by atoms with Crippen molar-refractivity contribution in [1.29, 1.82) is 0 Å². The summed E-state index contributed by atoms with van der Waals surface area (Å²) in [5.74, 6) is 0.343. The molecule has 1 aliphatic rings. The van der Waals surface area contributed by atoms with Crippen molar-refractivity contribution >= 4 is 18.3 Å². The minimum atomic E-state index is -0.148. The molecular weight excluding hydrogens is 284 g/mol. The zero-order valence-electron chi connectivity index (χ0n) is 13.0. The van der Waals surface area contributed by atoms with Crippen LogP contribution in [-0.2, 0) is 11.2 Å². The lowest BCUT2D eigenvalue weighted by Gasteiger charge is -2.30. The van der Waals surface area contributed by atoms with Crippen LogP contribution in [0.1, 0.15) is 38.7 Å². The van der Waals surface area contributed by atoms with Gasteiger partial charge in [0.25, 0.3) is 0 Å². The van der Waals surface area contributed by atoms with Crippen LogP contribution in [0.25, 0.3) is 0 Å². The molecule has 0 unspecified atom stereocenters. The maximum Gasteiger partial charge on any atom is 0.224 e. The highest BCUT2D eigenvalue weighted by molar-refractivity contribution is 5.85. The van der Waals surface area contributed by atoms with Gasteiger partial charge < -0.3 is 10.6 Å². The molecule has 1 aromatic rings. The van der Waals surface area contributed by atoms with Crippen molar-refractivity contribution in [3.63, 3.8) is 0 Å². The molecule has 1 amide bonds. The van der Waals surface area contributed by atoms with Crippen molar-refractivity contribution in [2.45, 2.75) is 45.1 Å². The zero-order valence-corrected chi connectivity index (χ0v) is 13.8. The summed E-state index contributed by atoms with van der Waals surface area (Å²) in [6.07, 6.45) is 4.07. The summed E-state index contributed by atoms with van der Waals surface area (Å²) in [7, 11) is 0. The van der Waals surface area contributed by atoms with E-state index in [1.165, 1.54) is 5.56 Å². The van der Waals surface area contributed by atoms with E-state index in [2.05, 4.69) is 48.7 Å². The average Bonchev–Trinajstić information content (AvgIpc) is 2.47.